The van der Waals surface area contributed by atoms with Gasteiger partial charge in [-0.05, 0) is 43.0 Å². The van der Waals surface area contributed by atoms with Crippen LogP contribution in [0.1, 0.15) is 29.0 Å². The summed E-state index contributed by atoms with van der Waals surface area (Å²) in [6.07, 6.45) is 1.86. The van der Waals surface area contributed by atoms with E-state index in [2.05, 4.69) is 47.1 Å². The Bertz CT molecular complexity index is 641. The smallest absolute Gasteiger partial charge is 0.123 e. The minimum absolute atomic E-state index is 0.130. The molecule has 110 valence electrons. The Kier molecular flexibility index (Phi) is 4.29. The van der Waals surface area contributed by atoms with Crippen LogP contribution in [-0.2, 0) is 6.42 Å². The normalized spacial score (nSPS) is 18.1. The summed E-state index contributed by atoms with van der Waals surface area (Å²) >= 11 is 3.62. The van der Waals surface area contributed by atoms with Gasteiger partial charge in [0.05, 0.1) is 0 Å². The van der Waals surface area contributed by atoms with Crippen LogP contribution >= 0.6 is 15.9 Å². The number of hydrogen-bond donors (Lipinski definition) is 0. The van der Waals surface area contributed by atoms with Crippen molar-refractivity contribution >= 4 is 15.9 Å². The number of benzene rings is 2. The zero-order valence-electron chi connectivity index (χ0n) is 12.0. The summed E-state index contributed by atoms with van der Waals surface area (Å²) in [6.45, 7) is 2.11. The maximum Gasteiger partial charge on any atom is 0.123 e. The first-order chi connectivity index (χ1) is 10.2. The SMILES string of the molecule is Cc1cccc(C(CBr)CC2Cc3cc(F)ccc3O2)c1. The number of ether oxygens (including phenoxy) is 1. The lowest BCUT2D eigenvalue weighted by atomic mass is 9.92. The summed E-state index contributed by atoms with van der Waals surface area (Å²) in [5.41, 5.74) is 3.59. The molecule has 0 spiro atoms. The second kappa shape index (κ2) is 6.18. The van der Waals surface area contributed by atoms with Crippen molar-refractivity contribution < 1.29 is 9.13 Å². The second-order valence-electron chi connectivity index (χ2n) is 5.70. The fraction of sp³-hybridized carbons (Fsp3) is 0.333. The Morgan fingerprint density at radius 3 is 2.90 bits per heavy atom. The zero-order valence-corrected chi connectivity index (χ0v) is 13.6. The largest absolute Gasteiger partial charge is 0.490 e. The first kappa shape index (κ1) is 14.6. The van der Waals surface area contributed by atoms with Crippen molar-refractivity contribution in [3.8, 4) is 5.75 Å². The summed E-state index contributed by atoms with van der Waals surface area (Å²) in [5.74, 6) is 1.06. The third-order valence-electron chi connectivity index (χ3n) is 4.01. The first-order valence-corrected chi connectivity index (χ1v) is 8.35. The maximum atomic E-state index is 13.3. The van der Waals surface area contributed by atoms with Crippen LogP contribution in [0.5, 0.6) is 5.75 Å². The molecule has 0 aromatic heterocycles. The van der Waals surface area contributed by atoms with Crippen LogP contribution in [0.4, 0.5) is 4.39 Å². The Morgan fingerprint density at radius 2 is 2.14 bits per heavy atom. The minimum Gasteiger partial charge on any atom is -0.490 e. The molecule has 1 aliphatic rings. The van der Waals surface area contributed by atoms with Gasteiger partial charge in [0.2, 0.25) is 0 Å². The van der Waals surface area contributed by atoms with Crippen molar-refractivity contribution in [2.45, 2.75) is 31.8 Å². The molecule has 1 heterocycles. The highest BCUT2D eigenvalue weighted by atomic mass is 79.9. The summed E-state index contributed by atoms with van der Waals surface area (Å²) in [6, 6.07) is 13.4. The second-order valence-corrected chi connectivity index (χ2v) is 6.34. The number of rotatable bonds is 4. The number of hydrogen-bond acceptors (Lipinski definition) is 1. The molecule has 2 unspecified atom stereocenters. The van der Waals surface area contributed by atoms with E-state index in [1.54, 1.807) is 12.1 Å². The first-order valence-electron chi connectivity index (χ1n) is 7.23. The molecule has 0 bridgehead atoms. The van der Waals surface area contributed by atoms with Gasteiger partial charge in [0, 0.05) is 17.3 Å². The van der Waals surface area contributed by atoms with E-state index in [0.717, 1.165) is 29.5 Å². The fourth-order valence-electron chi connectivity index (χ4n) is 2.95. The molecular formula is C18H18BrFO. The highest BCUT2D eigenvalue weighted by Crippen LogP contribution is 2.34. The van der Waals surface area contributed by atoms with E-state index >= 15 is 0 Å². The molecule has 3 rings (SSSR count). The molecule has 2 aromatic carbocycles. The van der Waals surface area contributed by atoms with Gasteiger partial charge in [0.1, 0.15) is 17.7 Å². The van der Waals surface area contributed by atoms with E-state index in [1.807, 2.05) is 0 Å². The molecule has 2 atom stereocenters. The van der Waals surface area contributed by atoms with Crippen LogP contribution in [0.25, 0.3) is 0 Å². The highest BCUT2D eigenvalue weighted by Gasteiger charge is 2.26. The molecule has 0 radical (unpaired) electrons. The van der Waals surface area contributed by atoms with Crippen LogP contribution < -0.4 is 4.74 Å². The molecule has 1 aliphatic heterocycles. The maximum absolute atomic E-state index is 13.3. The Labute approximate surface area is 133 Å². The van der Waals surface area contributed by atoms with E-state index in [0.29, 0.717) is 5.92 Å². The van der Waals surface area contributed by atoms with Crippen molar-refractivity contribution in [2.24, 2.45) is 0 Å². The van der Waals surface area contributed by atoms with E-state index < -0.39 is 0 Å². The van der Waals surface area contributed by atoms with Gasteiger partial charge in [-0.1, -0.05) is 45.8 Å². The molecule has 0 N–H and O–H groups in total. The van der Waals surface area contributed by atoms with Gasteiger partial charge in [0.15, 0.2) is 0 Å². The van der Waals surface area contributed by atoms with Crippen molar-refractivity contribution in [1.82, 2.24) is 0 Å². The van der Waals surface area contributed by atoms with Gasteiger partial charge in [-0.25, -0.2) is 4.39 Å². The predicted octanol–water partition coefficient (Wildman–Crippen LogP) is 5.01. The third-order valence-corrected chi connectivity index (χ3v) is 4.79. The lowest BCUT2D eigenvalue weighted by molar-refractivity contribution is 0.213. The minimum atomic E-state index is -0.186. The lowest BCUT2D eigenvalue weighted by Gasteiger charge is -2.19. The summed E-state index contributed by atoms with van der Waals surface area (Å²) in [5, 5.41) is 0.904. The quantitative estimate of drug-likeness (QED) is 0.706. The molecule has 0 saturated carbocycles. The van der Waals surface area contributed by atoms with Crippen molar-refractivity contribution in [3.63, 3.8) is 0 Å². The monoisotopic (exact) mass is 348 g/mol. The highest BCUT2D eigenvalue weighted by molar-refractivity contribution is 9.09. The fourth-order valence-corrected chi connectivity index (χ4v) is 3.59. The van der Waals surface area contributed by atoms with Crippen LogP contribution in [-0.4, -0.2) is 11.4 Å². The van der Waals surface area contributed by atoms with Gasteiger partial charge in [-0.3, -0.25) is 0 Å². The van der Waals surface area contributed by atoms with Crippen LogP contribution in [0.15, 0.2) is 42.5 Å². The summed E-state index contributed by atoms with van der Waals surface area (Å²) < 4.78 is 19.2. The molecule has 1 nitrogen and oxygen atoms in total. The topological polar surface area (TPSA) is 9.23 Å². The standard InChI is InChI=1S/C18H18BrFO/c1-12-3-2-4-13(7-12)15(11-19)10-17-9-14-8-16(20)5-6-18(14)21-17/h2-8,15,17H,9-11H2,1H3. The van der Waals surface area contributed by atoms with Crippen molar-refractivity contribution in [3.05, 3.63) is 65.0 Å². The van der Waals surface area contributed by atoms with Crippen LogP contribution in [0.2, 0.25) is 0 Å². The zero-order chi connectivity index (χ0) is 14.8. The van der Waals surface area contributed by atoms with Gasteiger partial charge >= 0.3 is 0 Å². The number of fused-ring (bicyclic) bond motifs is 1. The molecule has 21 heavy (non-hydrogen) atoms. The van der Waals surface area contributed by atoms with Gasteiger partial charge < -0.3 is 4.74 Å². The van der Waals surface area contributed by atoms with E-state index in [1.165, 1.54) is 17.2 Å². The van der Waals surface area contributed by atoms with Crippen molar-refractivity contribution in [2.75, 3.05) is 5.33 Å². The number of halogens is 2. The molecule has 3 heteroatoms. The van der Waals surface area contributed by atoms with Crippen LogP contribution in [0, 0.1) is 12.7 Å². The predicted molar refractivity (Wildman–Crippen MR) is 86.9 cm³/mol. The summed E-state index contributed by atoms with van der Waals surface area (Å²) in [7, 11) is 0. The Hall–Kier alpha value is -1.35. The van der Waals surface area contributed by atoms with E-state index in [4.69, 9.17) is 4.74 Å². The van der Waals surface area contributed by atoms with Gasteiger partial charge in [-0.15, -0.1) is 0 Å². The number of aryl methyl sites for hydroxylation is 1. The average molecular weight is 349 g/mol. The molecule has 0 aliphatic carbocycles. The molecular weight excluding hydrogens is 331 g/mol. The number of alkyl halides is 1. The molecule has 2 aromatic rings. The average Bonchev–Trinajstić information content (AvgIpc) is 2.86. The van der Waals surface area contributed by atoms with Gasteiger partial charge in [-0.2, -0.15) is 0 Å². The van der Waals surface area contributed by atoms with E-state index in [-0.39, 0.29) is 11.9 Å². The summed E-state index contributed by atoms with van der Waals surface area (Å²) in [4.78, 5) is 0. The Balaban J connectivity index is 1.72. The molecule has 0 saturated heterocycles. The van der Waals surface area contributed by atoms with Crippen molar-refractivity contribution in [1.29, 1.82) is 0 Å². The van der Waals surface area contributed by atoms with Crippen LogP contribution in [0.3, 0.4) is 0 Å². The van der Waals surface area contributed by atoms with E-state index in [9.17, 15) is 4.39 Å². The lowest BCUT2D eigenvalue weighted by Crippen LogP contribution is -2.18. The van der Waals surface area contributed by atoms with Gasteiger partial charge in [0.25, 0.3) is 0 Å². The third kappa shape index (κ3) is 3.29. The molecule has 0 fully saturated rings. The Morgan fingerprint density at radius 1 is 1.29 bits per heavy atom. The molecule has 0 amide bonds.